The van der Waals surface area contributed by atoms with E-state index in [2.05, 4.69) is 10.9 Å². The van der Waals surface area contributed by atoms with Gasteiger partial charge in [0.25, 0.3) is 0 Å². The summed E-state index contributed by atoms with van der Waals surface area (Å²) in [6.45, 7) is 3.62. The zero-order chi connectivity index (χ0) is 26.6. The number of aliphatic hydroxyl groups is 1. The van der Waals surface area contributed by atoms with Gasteiger partial charge in [-0.15, -0.1) is 4.41 Å². The van der Waals surface area contributed by atoms with Crippen molar-refractivity contribution in [1.82, 2.24) is 15.3 Å². The molecule has 11 heteroatoms. The standard InChI is InChI=1S/C25H39N3O7S/c1-19(2)18-22(24(30)26-28(15-16-29)36(3,32)33)21(13-9-12-20-10-5-4-6-11-20)25(31)27-35-23-14-7-8-17-34-23/h4-6,9-12,19,21-23,29H,7-8,13-18H2,1-3H3,(H,26,30)(H,27,31)/t21-,22+,23?/m0/s1. The monoisotopic (exact) mass is 525 g/mol. The molecule has 2 amide bonds. The molecule has 1 aliphatic rings. The second kappa shape index (κ2) is 15.1. The first-order valence-electron chi connectivity index (χ1n) is 12.3. The molecule has 1 heterocycles. The number of nitrogens with zero attached hydrogens (tertiary/aromatic N) is 1. The SMILES string of the molecule is CC(C)C[C@@H](C(=O)NN(CCO)S(C)(=O)=O)[C@H](CC=Cc1ccccc1)C(=O)NOC1CCCCO1. The number of aliphatic hydroxyl groups excluding tert-OH is 1. The van der Waals surface area contributed by atoms with Crippen LogP contribution >= 0.6 is 0 Å². The van der Waals surface area contributed by atoms with E-state index in [9.17, 15) is 23.1 Å². The summed E-state index contributed by atoms with van der Waals surface area (Å²) in [7, 11) is -3.82. The predicted molar refractivity (Wildman–Crippen MR) is 136 cm³/mol. The Kier molecular flexibility index (Phi) is 12.5. The van der Waals surface area contributed by atoms with Gasteiger partial charge in [0.1, 0.15) is 0 Å². The van der Waals surface area contributed by atoms with Gasteiger partial charge in [-0.2, -0.15) is 0 Å². The number of amides is 2. The molecule has 36 heavy (non-hydrogen) atoms. The lowest BCUT2D eigenvalue weighted by molar-refractivity contribution is -0.203. The van der Waals surface area contributed by atoms with Crippen LogP contribution in [-0.2, 0) is 29.2 Å². The first-order chi connectivity index (χ1) is 17.1. The molecule has 3 N–H and O–H groups in total. The molecule has 0 bridgehead atoms. The molecule has 1 unspecified atom stereocenters. The molecule has 0 spiro atoms. The number of hydrazine groups is 1. The average molecular weight is 526 g/mol. The fourth-order valence-corrected chi connectivity index (χ4v) is 4.60. The first kappa shape index (κ1) is 29.9. The molecule has 1 saturated heterocycles. The van der Waals surface area contributed by atoms with E-state index in [0.717, 1.165) is 24.7 Å². The summed E-state index contributed by atoms with van der Waals surface area (Å²) in [5.74, 6) is -2.77. The van der Waals surface area contributed by atoms with Gasteiger partial charge in [-0.25, -0.2) is 18.7 Å². The molecule has 202 valence electrons. The van der Waals surface area contributed by atoms with E-state index in [1.54, 1.807) is 0 Å². The first-order valence-corrected chi connectivity index (χ1v) is 14.1. The van der Waals surface area contributed by atoms with Gasteiger partial charge in [0.05, 0.1) is 31.2 Å². The van der Waals surface area contributed by atoms with E-state index >= 15 is 0 Å². The second-order valence-corrected chi connectivity index (χ2v) is 11.2. The van der Waals surface area contributed by atoms with E-state index in [1.807, 2.05) is 56.3 Å². The summed E-state index contributed by atoms with van der Waals surface area (Å²) in [5.41, 5.74) is 5.80. The molecule has 3 atom stereocenters. The van der Waals surface area contributed by atoms with Gasteiger partial charge >= 0.3 is 0 Å². The minimum absolute atomic E-state index is 0.0428. The van der Waals surface area contributed by atoms with Gasteiger partial charge in [-0.05, 0) is 37.2 Å². The number of hydrogen-bond acceptors (Lipinski definition) is 7. The maximum atomic E-state index is 13.3. The fourth-order valence-electron chi connectivity index (χ4n) is 3.94. The van der Waals surface area contributed by atoms with Crippen molar-refractivity contribution in [1.29, 1.82) is 0 Å². The van der Waals surface area contributed by atoms with E-state index in [-0.39, 0.29) is 18.9 Å². The number of rotatable bonds is 14. The van der Waals surface area contributed by atoms with Crippen LogP contribution in [0, 0.1) is 17.8 Å². The summed E-state index contributed by atoms with van der Waals surface area (Å²) in [4.78, 5) is 32.1. The number of sulfonamides is 1. The Hall–Kier alpha value is -2.31. The smallest absolute Gasteiger partial charge is 0.247 e. The Morgan fingerprint density at radius 2 is 1.92 bits per heavy atom. The highest BCUT2D eigenvalue weighted by molar-refractivity contribution is 7.88. The number of nitrogens with one attached hydrogen (secondary N) is 2. The molecule has 0 aromatic heterocycles. The zero-order valence-corrected chi connectivity index (χ0v) is 22.1. The lowest BCUT2D eigenvalue weighted by Crippen LogP contribution is -2.51. The molecule has 1 fully saturated rings. The van der Waals surface area contributed by atoms with Crippen LogP contribution in [0.4, 0.5) is 0 Å². The van der Waals surface area contributed by atoms with Crippen LogP contribution in [0.1, 0.15) is 51.5 Å². The maximum Gasteiger partial charge on any atom is 0.247 e. The number of carbonyl (C=O) groups excluding carboxylic acids is 2. The lowest BCUT2D eigenvalue weighted by Gasteiger charge is -2.29. The van der Waals surface area contributed by atoms with Crippen molar-refractivity contribution in [3.05, 3.63) is 42.0 Å². The number of hydroxylamine groups is 1. The van der Waals surface area contributed by atoms with Gasteiger partial charge in [-0.3, -0.25) is 15.0 Å². The number of benzene rings is 1. The molecule has 0 radical (unpaired) electrons. The van der Waals surface area contributed by atoms with Crippen molar-refractivity contribution in [3.8, 4) is 0 Å². The molecule has 2 rings (SSSR count). The summed E-state index contributed by atoms with van der Waals surface area (Å²) >= 11 is 0. The third-order valence-corrected chi connectivity index (χ3v) is 6.83. The highest BCUT2D eigenvalue weighted by atomic mass is 32.2. The maximum absolute atomic E-state index is 13.3. The molecule has 0 saturated carbocycles. The van der Waals surface area contributed by atoms with Gasteiger partial charge in [0.2, 0.25) is 21.8 Å². The van der Waals surface area contributed by atoms with Crippen molar-refractivity contribution in [2.45, 2.75) is 52.2 Å². The Balaban J connectivity index is 2.26. The molecular weight excluding hydrogens is 486 g/mol. The van der Waals surface area contributed by atoms with Gasteiger partial charge in [0, 0.05) is 13.0 Å². The van der Waals surface area contributed by atoms with E-state index < -0.39 is 46.6 Å². The van der Waals surface area contributed by atoms with Crippen LogP contribution in [0.2, 0.25) is 0 Å². The van der Waals surface area contributed by atoms with E-state index in [1.165, 1.54) is 0 Å². The molecule has 0 aliphatic carbocycles. The quantitative estimate of drug-likeness (QED) is 0.317. The van der Waals surface area contributed by atoms with Crippen LogP contribution in [-0.4, -0.2) is 62.1 Å². The predicted octanol–water partition coefficient (Wildman–Crippen LogP) is 2.23. The normalized spacial score (nSPS) is 18.3. The molecule has 1 aromatic rings. The highest BCUT2D eigenvalue weighted by Gasteiger charge is 2.36. The van der Waals surface area contributed by atoms with Crippen LogP contribution < -0.4 is 10.9 Å². The Morgan fingerprint density at radius 3 is 2.50 bits per heavy atom. The Bertz CT molecular complexity index is 948. The highest BCUT2D eigenvalue weighted by Crippen LogP contribution is 2.26. The number of ether oxygens (including phenoxy) is 1. The fraction of sp³-hybridized carbons (Fsp3) is 0.600. The van der Waals surface area contributed by atoms with Crippen molar-refractivity contribution < 1.29 is 32.7 Å². The van der Waals surface area contributed by atoms with E-state index in [4.69, 9.17) is 9.57 Å². The van der Waals surface area contributed by atoms with Crippen molar-refractivity contribution in [2.24, 2.45) is 17.8 Å². The van der Waals surface area contributed by atoms with Crippen LogP contribution in [0.15, 0.2) is 36.4 Å². The number of allylic oxidation sites excluding steroid dienone is 1. The number of carbonyl (C=O) groups is 2. The summed E-state index contributed by atoms with van der Waals surface area (Å²) in [6, 6.07) is 9.55. The van der Waals surface area contributed by atoms with Gasteiger partial charge in [-0.1, -0.05) is 56.3 Å². The van der Waals surface area contributed by atoms with Crippen LogP contribution in [0.3, 0.4) is 0 Å². The molecule has 1 aliphatic heterocycles. The van der Waals surface area contributed by atoms with Crippen molar-refractivity contribution in [2.75, 3.05) is 26.0 Å². The largest absolute Gasteiger partial charge is 0.395 e. The van der Waals surface area contributed by atoms with Gasteiger partial charge < -0.3 is 9.84 Å². The van der Waals surface area contributed by atoms with Crippen molar-refractivity contribution in [3.63, 3.8) is 0 Å². The van der Waals surface area contributed by atoms with Crippen molar-refractivity contribution >= 4 is 27.9 Å². The topological polar surface area (TPSA) is 134 Å². The lowest BCUT2D eigenvalue weighted by atomic mass is 9.82. The molecular formula is C25H39N3O7S. The van der Waals surface area contributed by atoms with E-state index in [0.29, 0.717) is 23.9 Å². The average Bonchev–Trinajstić information content (AvgIpc) is 2.84. The third-order valence-electron chi connectivity index (χ3n) is 5.75. The summed E-state index contributed by atoms with van der Waals surface area (Å²) < 4.78 is 30.4. The van der Waals surface area contributed by atoms with Crippen LogP contribution in [0.25, 0.3) is 6.08 Å². The summed E-state index contributed by atoms with van der Waals surface area (Å²) in [6.07, 6.45) is 7.13. The third kappa shape index (κ3) is 10.4. The summed E-state index contributed by atoms with van der Waals surface area (Å²) in [5, 5.41) is 9.25. The minimum atomic E-state index is -3.82. The molecule has 10 nitrogen and oxygen atoms in total. The van der Waals surface area contributed by atoms with Crippen LogP contribution in [0.5, 0.6) is 0 Å². The Labute approximate surface area is 214 Å². The molecule has 1 aromatic carbocycles. The number of hydrogen-bond donors (Lipinski definition) is 3. The second-order valence-electron chi connectivity index (χ2n) is 9.31. The zero-order valence-electron chi connectivity index (χ0n) is 21.3. The Morgan fingerprint density at radius 1 is 1.19 bits per heavy atom. The minimum Gasteiger partial charge on any atom is -0.395 e. The van der Waals surface area contributed by atoms with Gasteiger partial charge in [0.15, 0.2) is 6.29 Å².